The summed E-state index contributed by atoms with van der Waals surface area (Å²) in [6.45, 7) is -2.29. The van der Waals surface area contributed by atoms with Crippen molar-refractivity contribution >= 4 is 5.97 Å². The molecule has 0 bridgehead atoms. The van der Waals surface area contributed by atoms with E-state index in [1.807, 2.05) is 0 Å². The highest BCUT2D eigenvalue weighted by molar-refractivity contribution is 5.68. The summed E-state index contributed by atoms with van der Waals surface area (Å²) in [6, 6.07) is 0. The Morgan fingerprint density at radius 3 is 1.81 bits per heavy atom. The fourth-order valence-electron chi connectivity index (χ4n) is 2.82. The first-order valence-electron chi connectivity index (χ1n) is 8.13. The summed E-state index contributed by atoms with van der Waals surface area (Å²) in [5.74, 6) is -1.37. The Morgan fingerprint density at radius 1 is 0.778 bits per heavy atom. The van der Waals surface area contributed by atoms with Crippen LogP contribution in [0.1, 0.15) is 0 Å². The maximum Gasteiger partial charge on any atom is 0.329 e. The zero-order chi connectivity index (χ0) is 20.3. The zero-order valence-corrected chi connectivity index (χ0v) is 14.0. The Morgan fingerprint density at radius 2 is 1.30 bits per heavy atom. The molecular formula is C14H24O13. The first-order valence-corrected chi connectivity index (χ1v) is 8.13. The summed E-state index contributed by atoms with van der Waals surface area (Å²) in [7, 11) is 0. The molecule has 1 unspecified atom stereocenters. The number of hydrogen-bond acceptors (Lipinski definition) is 12. The van der Waals surface area contributed by atoms with Crippen LogP contribution < -0.4 is 0 Å². The van der Waals surface area contributed by atoms with Crippen LogP contribution in [0.15, 0.2) is 0 Å². The highest BCUT2D eigenvalue weighted by atomic mass is 16.8. The lowest BCUT2D eigenvalue weighted by molar-refractivity contribution is -0.366. The fourth-order valence-corrected chi connectivity index (χ4v) is 2.82. The van der Waals surface area contributed by atoms with Gasteiger partial charge in [-0.3, -0.25) is 0 Å². The van der Waals surface area contributed by atoms with Gasteiger partial charge in [0.05, 0.1) is 13.2 Å². The summed E-state index contributed by atoms with van der Waals surface area (Å²) in [5, 5.41) is 76.9. The highest BCUT2D eigenvalue weighted by Crippen LogP contribution is 2.29. The van der Waals surface area contributed by atoms with Gasteiger partial charge in [0.25, 0.3) is 0 Å². The fraction of sp³-hybridized carbons (Fsp3) is 0.929. The third kappa shape index (κ3) is 4.90. The molecule has 2 saturated heterocycles. The zero-order valence-electron chi connectivity index (χ0n) is 14.0. The quantitative estimate of drug-likeness (QED) is 0.201. The van der Waals surface area contributed by atoms with Crippen LogP contribution in [0.3, 0.4) is 0 Å². The summed E-state index contributed by atoms with van der Waals surface area (Å²) in [5.41, 5.74) is 0. The smallest absolute Gasteiger partial charge is 0.329 e. The third-order valence-corrected chi connectivity index (χ3v) is 4.34. The summed E-state index contributed by atoms with van der Waals surface area (Å²) in [6.07, 6.45) is -16.0. The first-order chi connectivity index (χ1) is 12.7. The van der Waals surface area contributed by atoms with Crippen molar-refractivity contribution in [2.75, 3.05) is 19.8 Å². The lowest BCUT2D eigenvalue weighted by Gasteiger charge is -2.45. The van der Waals surface area contributed by atoms with E-state index in [9.17, 15) is 40.5 Å². The third-order valence-electron chi connectivity index (χ3n) is 4.34. The predicted molar refractivity (Wildman–Crippen MR) is 80.0 cm³/mol. The maximum absolute atomic E-state index is 10.7. The van der Waals surface area contributed by atoms with Gasteiger partial charge in [0, 0.05) is 0 Å². The average molecular weight is 400 g/mol. The number of aliphatic carboxylic acids is 1. The van der Waals surface area contributed by atoms with Gasteiger partial charge in [-0.15, -0.1) is 0 Å². The largest absolute Gasteiger partial charge is 0.480 e. The van der Waals surface area contributed by atoms with Crippen LogP contribution in [0.5, 0.6) is 0 Å². The van der Waals surface area contributed by atoms with Gasteiger partial charge in [-0.25, -0.2) is 4.79 Å². The topological polar surface area (TPSA) is 216 Å². The van der Waals surface area contributed by atoms with Crippen LogP contribution in [0.4, 0.5) is 0 Å². The van der Waals surface area contributed by atoms with E-state index in [1.165, 1.54) is 0 Å². The second-order valence-corrected chi connectivity index (χ2v) is 6.21. The molecule has 2 rings (SSSR count). The van der Waals surface area contributed by atoms with Gasteiger partial charge >= 0.3 is 5.97 Å². The van der Waals surface area contributed by atoms with E-state index in [1.54, 1.807) is 0 Å². The van der Waals surface area contributed by atoms with Crippen molar-refractivity contribution in [3.05, 3.63) is 0 Å². The van der Waals surface area contributed by atoms with E-state index in [-0.39, 0.29) is 0 Å². The van der Waals surface area contributed by atoms with Crippen molar-refractivity contribution in [3.63, 3.8) is 0 Å². The van der Waals surface area contributed by atoms with Gasteiger partial charge in [-0.1, -0.05) is 0 Å². The van der Waals surface area contributed by atoms with Crippen molar-refractivity contribution in [1.82, 2.24) is 0 Å². The molecule has 0 amide bonds. The number of aliphatic hydroxyl groups excluding tert-OH is 7. The van der Waals surface area contributed by atoms with E-state index in [4.69, 9.17) is 24.1 Å². The molecule has 27 heavy (non-hydrogen) atoms. The van der Waals surface area contributed by atoms with E-state index in [0.29, 0.717) is 0 Å². The second-order valence-electron chi connectivity index (χ2n) is 6.21. The molecule has 8 N–H and O–H groups in total. The van der Waals surface area contributed by atoms with Crippen molar-refractivity contribution in [3.8, 4) is 0 Å². The van der Waals surface area contributed by atoms with Crippen LogP contribution >= 0.6 is 0 Å². The second kappa shape index (κ2) is 9.49. The highest BCUT2D eigenvalue weighted by Gasteiger charge is 2.50. The van der Waals surface area contributed by atoms with Gasteiger partial charge in [0.15, 0.2) is 12.6 Å². The monoisotopic (exact) mass is 400 g/mol. The average Bonchev–Trinajstić information content (AvgIpc) is 2.64. The van der Waals surface area contributed by atoms with Crippen molar-refractivity contribution in [2.24, 2.45) is 0 Å². The van der Waals surface area contributed by atoms with Crippen LogP contribution in [-0.2, 0) is 23.7 Å². The van der Waals surface area contributed by atoms with E-state index in [0.717, 1.165) is 0 Å². The Bertz CT molecular complexity index is 488. The molecule has 0 aromatic rings. The molecule has 2 heterocycles. The van der Waals surface area contributed by atoms with Crippen molar-refractivity contribution in [1.29, 1.82) is 0 Å². The molecule has 0 radical (unpaired) electrons. The molecule has 2 aliphatic heterocycles. The van der Waals surface area contributed by atoms with Gasteiger partial charge in [0.2, 0.25) is 0 Å². The molecule has 0 aliphatic carbocycles. The van der Waals surface area contributed by atoms with E-state index in [2.05, 4.69) is 0 Å². The van der Waals surface area contributed by atoms with Crippen LogP contribution in [-0.4, -0.2) is 128 Å². The van der Waals surface area contributed by atoms with Gasteiger partial charge in [-0.2, -0.15) is 0 Å². The van der Waals surface area contributed by atoms with Crippen molar-refractivity contribution in [2.45, 2.75) is 61.4 Å². The minimum Gasteiger partial charge on any atom is -0.480 e. The Hall–Kier alpha value is -0.970. The molecule has 0 aromatic carbocycles. The SMILES string of the molecule is O=C(O)COC1O[C@H](CO)[C@@H](O)[C@H](O)[C@@H]1O[C@H]1O[C@H](CO)[C@@H](O)[C@H](O)[C@@H]1O. The molecule has 2 fully saturated rings. The number of ether oxygens (including phenoxy) is 4. The minimum absolute atomic E-state index is 0.710. The Kier molecular flexibility index (Phi) is 7.84. The Balaban J connectivity index is 2.16. The molecule has 158 valence electrons. The Labute approximate surface area is 152 Å². The number of aliphatic hydroxyl groups is 7. The summed E-state index contributed by atoms with van der Waals surface area (Å²) < 4.78 is 20.6. The maximum atomic E-state index is 10.7. The van der Waals surface area contributed by atoms with E-state index < -0.39 is 87.2 Å². The number of carboxylic acid groups (broad SMARTS) is 1. The lowest BCUT2D eigenvalue weighted by atomic mass is 9.97. The van der Waals surface area contributed by atoms with Gasteiger partial charge in [-0.05, 0) is 0 Å². The normalized spacial score (nSPS) is 45.6. The molecule has 0 spiro atoms. The van der Waals surface area contributed by atoms with Crippen LogP contribution in [0.2, 0.25) is 0 Å². The van der Waals surface area contributed by atoms with Crippen LogP contribution in [0.25, 0.3) is 0 Å². The summed E-state index contributed by atoms with van der Waals surface area (Å²) in [4.78, 5) is 10.7. The van der Waals surface area contributed by atoms with Crippen LogP contribution in [0, 0.1) is 0 Å². The van der Waals surface area contributed by atoms with Crippen molar-refractivity contribution < 1.29 is 64.6 Å². The number of rotatable bonds is 7. The standard InChI is InChI=1S/C14H24O13/c15-1-4-7(19)9(21)11(23)13(25-4)27-12-10(22)8(20)5(2-16)26-14(12)24-3-6(17)18/h4-5,7-16,19-23H,1-3H2,(H,17,18)/t4-,5-,7-,8-,9+,10+,11+,12+,13-,14?/m1/s1. The first kappa shape index (κ1) is 22.3. The van der Waals surface area contributed by atoms with Gasteiger partial charge < -0.3 is 59.8 Å². The lowest BCUT2D eigenvalue weighted by Crippen LogP contribution is -2.64. The number of carbonyl (C=O) groups is 1. The van der Waals surface area contributed by atoms with Gasteiger partial charge in [0.1, 0.15) is 55.4 Å². The summed E-state index contributed by atoms with van der Waals surface area (Å²) >= 11 is 0. The molecule has 13 nitrogen and oxygen atoms in total. The number of hydrogen-bond donors (Lipinski definition) is 8. The molecule has 10 atom stereocenters. The molecule has 2 aliphatic rings. The molecular weight excluding hydrogens is 376 g/mol. The molecule has 0 aromatic heterocycles. The molecule has 13 heteroatoms. The predicted octanol–water partition coefficient (Wildman–Crippen LogP) is -5.29. The molecule has 0 saturated carbocycles. The number of carboxylic acids is 1. The van der Waals surface area contributed by atoms with E-state index >= 15 is 0 Å². The minimum atomic E-state index is -1.80.